The predicted octanol–water partition coefficient (Wildman–Crippen LogP) is 4.76. The van der Waals surface area contributed by atoms with Crippen LogP contribution in [0.5, 0.6) is 5.75 Å². The van der Waals surface area contributed by atoms with Crippen LogP contribution in [0.2, 0.25) is 5.02 Å². The number of hydrogen-bond acceptors (Lipinski definition) is 4. The van der Waals surface area contributed by atoms with E-state index in [4.69, 9.17) is 16.3 Å². The maximum atomic E-state index is 11.8. The van der Waals surface area contributed by atoms with Crippen molar-refractivity contribution >= 4 is 35.5 Å². The molecule has 2 aromatic rings. The number of hydrazone groups is 1. The number of nitrogens with one attached hydrogen (secondary N) is 1. The van der Waals surface area contributed by atoms with E-state index in [0.29, 0.717) is 24.0 Å². The van der Waals surface area contributed by atoms with Gasteiger partial charge in [-0.2, -0.15) is 5.10 Å². The average Bonchev–Trinajstić information content (AvgIpc) is 2.62. The number of nitrogens with zero attached hydrogens (tertiary/aromatic N) is 1. The van der Waals surface area contributed by atoms with Crippen LogP contribution in [0.1, 0.15) is 25.0 Å². The van der Waals surface area contributed by atoms with E-state index in [2.05, 4.69) is 24.4 Å². The highest BCUT2D eigenvalue weighted by molar-refractivity contribution is 7.99. The summed E-state index contributed by atoms with van der Waals surface area (Å²) in [5, 5.41) is 4.71. The van der Waals surface area contributed by atoms with E-state index in [1.165, 1.54) is 11.8 Å². The number of hydrogen-bond donors (Lipinski definition) is 1. The number of ether oxygens (including phenoxy) is 1. The van der Waals surface area contributed by atoms with Crippen molar-refractivity contribution in [2.45, 2.75) is 19.6 Å². The van der Waals surface area contributed by atoms with Gasteiger partial charge in [-0.3, -0.25) is 4.79 Å². The monoisotopic (exact) mass is 390 g/mol. The van der Waals surface area contributed by atoms with Gasteiger partial charge in [0.05, 0.1) is 18.6 Å². The smallest absolute Gasteiger partial charge is 0.250 e. The summed E-state index contributed by atoms with van der Waals surface area (Å²) in [5.41, 5.74) is 4.45. The zero-order chi connectivity index (χ0) is 18.8. The molecule has 0 fully saturated rings. The zero-order valence-electron chi connectivity index (χ0n) is 14.9. The normalized spacial score (nSPS) is 11.1. The zero-order valence-corrected chi connectivity index (χ0v) is 16.5. The highest BCUT2D eigenvalue weighted by atomic mass is 35.5. The van der Waals surface area contributed by atoms with Gasteiger partial charge >= 0.3 is 0 Å². The van der Waals surface area contributed by atoms with Gasteiger partial charge in [0.1, 0.15) is 5.75 Å². The minimum atomic E-state index is -0.143. The summed E-state index contributed by atoms with van der Waals surface area (Å²) in [6.45, 7) is 4.90. The first-order valence-corrected chi connectivity index (χ1v) is 9.94. The van der Waals surface area contributed by atoms with Crippen LogP contribution in [0.25, 0.3) is 0 Å². The molecule has 0 bridgehead atoms. The number of thioether (sulfide) groups is 1. The van der Waals surface area contributed by atoms with Crippen molar-refractivity contribution in [1.29, 1.82) is 0 Å². The molecule has 0 saturated carbocycles. The second kappa shape index (κ2) is 10.9. The van der Waals surface area contributed by atoms with Crippen LogP contribution >= 0.6 is 23.4 Å². The standard InChI is InChI=1S/C20H23ClN2O2S/c1-15(2)12-25-18-9-7-16(8-10-18)11-22-23-20(24)14-26-13-17-5-3-4-6-19(17)21/h3-11,15H,12-14H2,1-2H3,(H,23,24)/b22-11-. The fourth-order valence-corrected chi connectivity index (χ4v) is 3.10. The van der Waals surface area contributed by atoms with E-state index in [1.807, 2.05) is 48.5 Å². The van der Waals surface area contributed by atoms with Gasteiger partial charge in [-0.25, -0.2) is 5.43 Å². The van der Waals surface area contributed by atoms with Crippen molar-refractivity contribution in [3.8, 4) is 5.75 Å². The van der Waals surface area contributed by atoms with Crippen LogP contribution in [0.4, 0.5) is 0 Å². The third-order valence-corrected chi connectivity index (χ3v) is 4.67. The number of amides is 1. The van der Waals surface area contributed by atoms with Crippen LogP contribution in [0.3, 0.4) is 0 Å². The molecular weight excluding hydrogens is 368 g/mol. The molecule has 4 nitrogen and oxygen atoms in total. The van der Waals surface area contributed by atoms with Gasteiger partial charge in [0.15, 0.2) is 0 Å². The highest BCUT2D eigenvalue weighted by Crippen LogP contribution is 2.20. The molecule has 0 spiro atoms. The summed E-state index contributed by atoms with van der Waals surface area (Å²) in [6.07, 6.45) is 1.61. The number of carbonyl (C=O) groups is 1. The van der Waals surface area contributed by atoms with Gasteiger partial charge in [0.2, 0.25) is 5.91 Å². The van der Waals surface area contributed by atoms with Crippen LogP contribution < -0.4 is 10.2 Å². The highest BCUT2D eigenvalue weighted by Gasteiger charge is 2.03. The molecule has 0 aromatic heterocycles. The average molecular weight is 391 g/mol. The summed E-state index contributed by atoms with van der Waals surface area (Å²) in [4.78, 5) is 11.8. The maximum absolute atomic E-state index is 11.8. The first-order chi connectivity index (χ1) is 12.5. The van der Waals surface area contributed by atoms with Crippen LogP contribution in [-0.4, -0.2) is 24.5 Å². The van der Waals surface area contributed by atoms with Gasteiger partial charge in [-0.05, 0) is 47.4 Å². The Kier molecular flexibility index (Phi) is 8.51. The lowest BCUT2D eigenvalue weighted by Crippen LogP contribution is -2.19. The Bertz CT molecular complexity index is 733. The Morgan fingerprint density at radius 2 is 1.96 bits per heavy atom. The molecular formula is C20H23ClN2O2S. The molecule has 6 heteroatoms. The van der Waals surface area contributed by atoms with Crippen molar-refractivity contribution in [3.63, 3.8) is 0 Å². The fraction of sp³-hybridized carbons (Fsp3) is 0.300. The van der Waals surface area contributed by atoms with Crippen LogP contribution in [-0.2, 0) is 10.5 Å². The topological polar surface area (TPSA) is 50.7 Å². The Labute approximate surface area is 164 Å². The maximum Gasteiger partial charge on any atom is 0.250 e. The van der Waals surface area contributed by atoms with Crippen molar-refractivity contribution in [1.82, 2.24) is 5.43 Å². The van der Waals surface area contributed by atoms with Gasteiger partial charge in [0.25, 0.3) is 0 Å². The van der Waals surface area contributed by atoms with E-state index in [-0.39, 0.29) is 5.91 Å². The third-order valence-electron chi connectivity index (χ3n) is 3.31. The second-order valence-corrected chi connectivity index (χ2v) is 7.54. The van der Waals surface area contributed by atoms with Crippen molar-refractivity contribution in [2.75, 3.05) is 12.4 Å². The molecule has 0 aliphatic heterocycles. The number of benzene rings is 2. The molecule has 0 aliphatic carbocycles. The summed E-state index contributed by atoms with van der Waals surface area (Å²) in [7, 11) is 0. The van der Waals surface area contributed by atoms with Crippen molar-refractivity contribution in [2.24, 2.45) is 11.0 Å². The molecule has 0 aliphatic rings. The molecule has 26 heavy (non-hydrogen) atoms. The lowest BCUT2D eigenvalue weighted by atomic mass is 10.2. The lowest BCUT2D eigenvalue weighted by molar-refractivity contribution is -0.118. The Hall–Kier alpha value is -1.98. The van der Waals surface area contributed by atoms with Gasteiger partial charge in [0, 0.05) is 10.8 Å². The quantitative estimate of drug-likeness (QED) is 0.496. The first-order valence-electron chi connectivity index (χ1n) is 8.40. The molecule has 1 amide bonds. The predicted molar refractivity (Wildman–Crippen MR) is 110 cm³/mol. The lowest BCUT2D eigenvalue weighted by Gasteiger charge is -2.08. The Morgan fingerprint density at radius 3 is 2.65 bits per heavy atom. The van der Waals surface area contributed by atoms with E-state index in [9.17, 15) is 4.79 Å². The van der Waals surface area contributed by atoms with Gasteiger partial charge in [-0.1, -0.05) is 43.6 Å². The van der Waals surface area contributed by atoms with Crippen LogP contribution in [0.15, 0.2) is 53.6 Å². The molecule has 0 atom stereocenters. The number of carbonyl (C=O) groups excluding carboxylic acids is 1. The second-order valence-electron chi connectivity index (χ2n) is 6.15. The minimum Gasteiger partial charge on any atom is -0.493 e. The van der Waals surface area contributed by atoms with Crippen LogP contribution in [0, 0.1) is 5.92 Å². The third kappa shape index (κ3) is 7.50. The summed E-state index contributed by atoms with van der Waals surface area (Å²) < 4.78 is 5.63. The molecule has 0 unspecified atom stereocenters. The largest absolute Gasteiger partial charge is 0.493 e. The van der Waals surface area contributed by atoms with E-state index in [1.54, 1.807) is 6.21 Å². The molecule has 0 saturated heterocycles. The molecule has 138 valence electrons. The van der Waals surface area contributed by atoms with Crippen molar-refractivity contribution in [3.05, 3.63) is 64.7 Å². The minimum absolute atomic E-state index is 0.143. The summed E-state index contributed by atoms with van der Waals surface area (Å²) in [6, 6.07) is 15.2. The SMILES string of the molecule is CC(C)COc1ccc(/C=N\NC(=O)CSCc2ccccc2Cl)cc1. The van der Waals surface area contributed by atoms with Crippen molar-refractivity contribution < 1.29 is 9.53 Å². The molecule has 0 heterocycles. The summed E-state index contributed by atoms with van der Waals surface area (Å²) >= 11 is 7.59. The number of rotatable bonds is 9. The van der Waals surface area contributed by atoms with E-state index < -0.39 is 0 Å². The van der Waals surface area contributed by atoms with Gasteiger partial charge in [-0.15, -0.1) is 11.8 Å². The van der Waals surface area contributed by atoms with E-state index >= 15 is 0 Å². The fourth-order valence-electron chi connectivity index (χ4n) is 1.99. The molecule has 0 radical (unpaired) electrons. The number of halogens is 1. The summed E-state index contributed by atoms with van der Waals surface area (Å²) in [5.74, 6) is 2.19. The Balaban J connectivity index is 1.70. The molecule has 2 aromatic carbocycles. The molecule has 2 rings (SSSR count). The molecule has 1 N–H and O–H groups in total. The van der Waals surface area contributed by atoms with E-state index in [0.717, 1.165) is 21.9 Å². The Morgan fingerprint density at radius 1 is 1.23 bits per heavy atom. The first kappa shape index (κ1) is 20.3. The van der Waals surface area contributed by atoms with Gasteiger partial charge < -0.3 is 4.74 Å².